The second kappa shape index (κ2) is 4.64. The lowest BCUT2D eigenvalue weighted by Crippen LogP contribution is -2.35. The van der Waals surface area contributed by atoms with E-state index in [0.717, 1.165) is 49.9 Å². The minimum Gasteiger partial charge on any atom is -0.384 e. The lowest BCUT2D eigenvalue weighted by molar-refractivity contribution is 0.0660. The SMILES string of the molecule is COC[C@@]12COC[C@@H]1CN(c1cc(C)nn3cnnc13)C2. The Hall–Kier alpha value is -1.73. The highest BCUT2D eigenvalue weighted by atomic mass is 16.5. The Balaban J connectivity index is 1.72. The predicted octanol–water partition coefficient (Wildman–Crippen LogP) is 0.532. The molecule has 4 rings (SSSR count). The lowest BCUT2D eigenvalue weighted by Gasteiger charge is -2.26. The van der Waals surface area contributed by atoms with E-state index in [9.17, 15) is 0 Å². The number of aryl methyl sites for hydroxylation is 1. The van der Waals surface area contributed by atoms with Gasteiger partial charge in [0.1, 0.15) is 6.33 Å². The molecule has 0 saturated carbocycles. The van der Waals surface area contributed by atoms with Crippen molar-refractivity contribution in [2.75, 3.05) is 44.9 Å². The van der Waals surface area contributed by atoms with Crippen LogP contribution in [-0.2, 0) is 9.47 Å². The molecule has 0 radical (unpaired) electrons. The highest BCUT2D eigenvalue weighted by molar-refractivity contribution is 5.69. The quantitative estimate of drug-likeness (QED) is 0.821. The molecule has 2 aromatic heterocycles. The second-order valence-electron chi connectivity index (χ2n) is 6.16. The van der Waals surface area contributed by atoms with Gasteiger partial charge in [-0.1, -0.05) is 0 Å². The number of hydrogen-bond acceptors (Lipinski definition) is 6. The molecule has 4 heterocycles. The lowest BCUT2D eigenvalue weighted by atomic mass is 9.82. The number of anilines is 1. The molecule has 0 spiro atoms. The van der Waals surface area contributed by atoms with E-state index in [0.29, 0.717) is 5.92 Å². The van der Waals surface area contributed by atoms with Crippen molar-refractivity contribution in [2.45, 2.75) is 6.92 Å². The summed E-state index contributed by atoms with van der Waals surface area (Å²) in [5.41, 5.74) is 2.98. The highest BCUT2D eigenvalue weighted by Gasteiger charge is 2.51. The summed E-state index contributed by atoms with van der Waals surface area (Å²) >= 11 is 0. The van der Waals surface area contributed by atoms with Crippen LogP contribution in [0.5, 0.6) is 0 Å². The van der Waals surface area contributed by atoms with Crippen LogP contribution < -0.4 is 4.90 Å². The summed E-state index contributed by atoms with van der Waals surface area (Å²) in [5.74, 6) is 0.508. The number of rotatable bonds is 3. The Kier molecular flexibility index (Phi) is 2.87. The van der Waals surface area contributed by atoms with E-state index in [1.807, 2.05) is 6.92 Å². The van der Waals surface area contributed by atoms with Crippen LogP contribution in [0.4, 0.5) is 5.69 Å². The largest absolute Gasteiger partial charge is 0.384 e. The third-order valence-electron chi connectivity index (χ3n) is 4.66. The molecular formula is C14H19N5O2. The van der Waals surface area contributed by atoms with Gasteiger partial charge in [-0.15, -0.1) is 10.2 Å². The molecule has 2 aliphatic heterocycles. The first-order chi connectivity index (χ1) is 10.2. The number of aromatic nitrogens is 4. The molecule has 2 saturated heterocycles. The van der Waals surface area contributed by atoms with E-state index in [2.05, 4.69) is 26.3 Å². The summed E-state index contributed by atoms with van der Waals surface area (Å²) in [4.78, 5) is 2.38. The van der Waals surface area contributed by atoms with Crippen LogP contribution in [0.3, 0.4) is 0 Å². The number of hydrogen-bond donors (Lipinski definition) is 0. The van der Waals surface area contributed by atoms with Crippen LogP contribution in [0, 0.1) is 18.3 Å². The van der Waals surface area contributed by atoms with Gasteiger partial charge in [0.05, 0.1) is 31.2 Å². The van der Waals surface area contributed by atoms with Gasteiger partial charge in [0.25, 0.3) is 0 Å². The molecule has 0 amide bonds. The summed E-state index contributed by atoms with van der Waals surface area (Å²) in [7, 11) is 1.76. The number of ether oxygens (including phenoxy) is 2. The molecule has 21 heavy (non-hydrogen) atoms. The standard InChI is InChI=1S/C14H19N5O2/c1-10-3-12(13-16-15-9-19(13)17-10)18-4-11-5-21-8-14(11,6-18)7-20-2/h3,9,11H,4-8H2,1-2H3/t11-,14-/m0/s1. The van der Waals surface area contributed by atoms with Gasteiger partial charge in [0.2, 0.25) is 5.65 Å². The van der Waals surface area contributed by atoms with E-state index >= 15 is 0 Å². The van der Waals surface area contributed by atoms with E-state index in [-0.39, 0.29) is 5.41 Å². The second-order valence-corrected chi connectivity index (χ2v) is 6.16. The topological polar surface area (TPSA) is 64.8 Å². The fourth-order valence-corrected chi connectivity index (χ4v) is 3.67. The molecule has 112 valence electrons. The minimum atomic E-state index is 0.100. The van der Waals surface area contributed by atoms with E-state index < -0.39 is 0 Å². The van der Waals surface area contributed by atoms with Gasteiger partial charge in [-0.25, -0.2) is 0 Å². The zero-order valence-corrected chi connectivity index (χ0v) is 12.3. The number of nitrogens with zero attached hydrogens (tertiary/aromatic N) is 5. The number of methoxy groups -OCH3 is 1. The Morgan fingerprint density at radius 2 is 2.43 bits per heavy atom. The maximum atomic E-state index is 5.70. The fraction of sp³-hybridized carbons (Fsp3) is 0.643. The average molecular weight is 289 g/mol. The van der Waals surface area contributed by atoms with Crippen LogP contribution >= 0.6 is 0 Å². The van der Waals surface area contributed by atoms with Gasteiger partial charge in [-0.2, -0.15) is 9.61 Å². The van der Waals surface area contributed by atoms with E-state index in [1.165, 1.54) is 0 Å². The first kappa shape index (κ1) is 13.0. The van der Waals surface area contributed by atoms with Crippen molar-refractivity contribution in [3.8, 4) is 0 Å². The van der Waals surface area contributed by atoms with E-state index in [1.54, 1.807) is 18.0 Å². The van der Waals surface area contributed by atoms with Crippen LogP contribution in [0.15, 0.2) is 12.4 Å². The van der Waals surface area contributed by atoms with Crippen molar-refractivity contribution in [1.82, 2.24) is 19.8 Å². The summed E-state index contributed by atoms with van der Waals surface area (Å²) in [6, 6.07) is 2.09. The Morgan fingerprint density at radius 1 is 1.52 bits per heavy atom. The molecular weight excluding hydrogens is 270 g/mol. The summed E-state index contributed by atoms with van der Waals surface area (Å²) in [6.45, 7) is 6.21. The Morgan fingerprint density at radius 3 is 3.29 bits per heavy atom. The minimum absolute atomic E-state index is 0.100. The molecule has 0 N–H and O–H groups in total. The van der Waals surface area contributed by atoms with Crippen LogP contribution in [0.25, 0.3) is 5.65 Å². The van der Waals surface area contributed by atoms with Gasteiger partial charge < -0.3 is 14.4 Å². The zero-order valence-electron chi connectivity index (χ0n) is 12.3. The summed E-state index contributed by atoms with van der Waals surface area (Å²) in [6.07, 6.45) is 1.65. The van der Waals surface area contributed by atoms with Gasteiger partial charge in [0.15, 0.2) is 0 Å². The van der Waals surface area contributed by atoms with Crippen molar-refractivity contribution >= 4 is 11.3 Å². The molecule has 0 aliphatic carbocycles. The first-order valence-electron chi connectivity index (χ1n) is 7.21. The molecule has 2 aromatic rings. The molecule has 0 bridgehead atoms. The maximum absolute atomic E-state index is 5.70. The maximum Gasteiger partial charge on any atom is 0.200 e. The molecule has 0 unspecified atom stereocenters. The smallest absolute Gasteiger partial charge is 0.200 e. The first-order valence-corrected chi connectivity index (χ1v) is 7.21. The normalized spacial score (nSPS) is 28.5. The third-order valence-corrected chi connectivity index (χ3v) is 4.66. The highest BCUT2D eigenvalue weighted by Crippen LogP contribution is 2.43. The predicted molar refractivity (Wildman–Crippen MR) is 76.4 cm³/mol. The monoisotopic (exact) mass is 289 g/mol. The van der Waals surface area contributed by atoms with Gasteiger partial charge >= 0.3 is 0 Å². The number of fused-ring (bicyclic) bond motifs is 2. The van der Waals surface area contributed by atoms with Crippen molar-refractivity contribution in [2.24, 2.45) is 11.3 Å². The van der Waals surface area contributed by atoms with Gasteiger partial charge in [-0.05, 0) is 13.0 Å². The molecule has 2 atom stereocenters. The fourth-order valence-electron chi connectivity index (χ4n) is 3.67. The Bertz CT molecular complexity index is 672. The van der Waals surface area contributed by atoms with Crippen LogP contribution in [0.1, 0.15) is 5.69 Å². The van der Waals surface area contributed by atoms with E-state index in [4.69, 9.17) is 9.47 Å². The van der Waals surface area contributed by atoms with Crippen molar-refractivity contribution in [3.05, 3.63) is 18.1 Å². The van der Waals surface area contributed by atoms with Crippen LogP contribution in [0.2, 0.25) is 0 Å². The Labute approximate surface area is 122 Å². The molecule has 7 heteroatoms. The molecule has 2 aliphatic rings. The molecule has 7 nitrogen and oxygen atoms in total. The summed E-state index contributed by atoms with van der Waals surface area (Å²) < 4.78 is 12.9. The van der Waals surface area contributed by atoms with Crippen LogP contribution in [-0.4, -0.2) is 59.8 Å². The van der Waals surface area contributed by atoms with Crippen molar-refractivity contribution in [1.29, 1.82) is 0 Å². The third kappa shape index (κ3) is 1.91. The zero-order chi connectivity index (χ0) is 14.4. The molecule has 0 aromatic carbocycles. The van der Waals surface area contributed by atoms with Crippen molar-refractivity contribution < 1.29 is 9.47 Å². The summed E-state index contributed by atoms with van der Waals surface area (Å²) in [5, 5.41) is 12.6. The molecule has 2 fully saturated rings. The average Bonchev–Trinajstić information content (AvgIpc) is 3.10. The van der Waals surface area contributed by atoms with Gasteiger partial charge in [0, 0.05) is 31.5 Å². The van der Waals surface area contributed by atoms with Gasteiger partial charge in [-0.3, -0.25) is 0 Å². The van der Waals surface area contributed by atoms with Crippen molar-refractivity contribution in [3.63, 3.8) is 0 Å².